The summed E-state index contributed by atoms with van der Waals surface area (Å²) in [6.45, 7) is 0. The van der Waals surface area contributed by atoms with E-state index in [-0.39, 0.29) is 17.2 Å². The van der Waals surface area contributed by atoms with Gasteiger partial charge < -0.3 is 5.32 Å². The predicted octanol–water partition coefficient (Wildman–Crippen LogP) is 3.19. The molecule has 0 fully saturated rings. The van der Waals surface area contributed by atoms with E-state index in [4.69, 9.17) is 0 Å². The molecule has 0 aliphatic rings. The smallest absolute Gasteiger partial charge is 0.293 e. The highest BCUT2D eigenvalue weighted by molar-refractivity contribution is 7.13. The number of carbonyl (C=O) groups is 1. The van der Waals surface area contributed by atoms with Crippen LogP contribution in [-0.4, -0.2) is 25.8 Å². The number of amides is 1. The first-order valence-corrected chi connectivity index (χ1v) is 7.29. The van der Waals surface area contributed by atoms with Crippen molar-refractivity contribution >= 4 is 22.9 Å². The normalized spacial score (nSPS) is 10.7. The predicted molar refractivity (Wildman–Crippen MR) is 80.3 cm³/mol. The second-order valence-corrected chi connectivity index (χ2v) is 5.24. The molecular formula is C14H9F2N5OS. The van der Waals surface area contributed by atoms with Gasteiger partial charge in [0, 0.05) is 12.4 Å². The second kappa shape index (κ2) is 6.53. The highest BCUT2D eigenvalue weighted by Crippen LogP contribution is 2.21. The fraction of sp³-hybridized carbons (Fsp3) is 0.0714. The number of carbonyl (C=O) groups excluding carboxylic acids is 1. The van der Waals surface area contributed by atoms with Crippen molar-refractivity contribution in [1.82, 2.24) is 19.9 Å². The van der Waals surface area contributed by atoms with E-state index in [1.54, 1.807) is 17.8 Å². The average Bonchev–Trinajstić information content (AvgIpc) is 3.10. The molecule has 0 atom stereocenters. The van der Waals surface area contributed by atoms with Gasteiger partial charge in [0.25, 0.3) is 12.3 Å². The Morgan fingerprint density at radius 3 is 2.70 bits per heavy atom. The highest BCUT2D eigenvalue weighted by atomic mass is 32.1. The standard InChI is InChI=1S/C14H9F2N5OS/c15-12(16)10-2-1-8(5-19-10)20-14(22)13-18-4-3-9(21-13)11-6-17-7-23-11/h1-7,12H,(H,20,22). The lowest BCUT2D eigenvalue weighted by molar-refractivity contribution is 0.101. The number of rotatable bonds is 4. The van der Waals surface area contributed by atoms with E-state index in [9.17, 15) is 13.6 Å². The largest absolute Gasteiger partial charge is 0.318 e. The van der Waals surface area contributed by atoms with Crippen LogP contribution in [0.15, 0.2) is 42.3 Å². The third kappa shape index (κ3) is 3.51. The highest BCUT2D eigenvalue weighted by Gasteiger charge is 2.13. The van der Waals surface area contributed by atoms with Gasteiger partial charge in [0.15, 0.2) is 0 Å². The number of nitrogens with zero attached hydrogens (tertiary/aromatic N) is 4. The van der Waals surface area contributed by atoms with Crippen molar-refractivity contribution in [3.63, 3.8) is 0 Å². The summed E-state index contributed by atoms with van der Waals surface area (Å²) in [7, 11) is 0. The van der Waals surface area contributed by atoms with Crippen molar-refractivity contribution in [2.75, 3.05) is 5.32 Å². The Balaban J connectivity index is 1.77. The Morgan fingerprint density at radius 2 is 2.04 bits per heavy atom. The van der Waals surface area contributed by atoms with Crippen LogP contribution in [0.1, 0.15) is 22.7 Å². The van der Waals surface area contributed by atoms with Crippen molar-refractivity contribution < 1.29 is 13.6 Å². The van der Waals surface area contributed by atoms with Crippen LogP contribution < -0.4 is 5.32 Å². The van der Waals surface area contributed by atoms with E-state index in [0.29, 0.717) is 5.69 Å². The Hall–Kier alpha value is -2.81. The molecule has 23 heavy (non-hydrogen) atoms. The number of thiazole rings is 1. The summed E-state index contributed by atoms with van der Waals surface area (Å²) < 4.78 is 24.9. The van der Waals surface area contributed by atoms with Crippen LogP contribution in [0.4, 0.5) is 14.5 Å². The minimum Gasteiger partial charge on any atom is -0.318 e. The van der Waals surface area contributed by atoms with Gasteiger partial charge in [-0.05, 0) is 18.2 Å². The fourth-order valence-electron chi connectivity index (χ4n) is 1.74. The Kier molecular flexibility index (Phi) is 4.29. The Labute approximate surface area is 133 Å². The summed E-state index contributed by atoms with van der Waals surface area (Å²) in [5.74, 6) is -0.586. The van der Waals surface area contributed by atoms with Crippen LogP contribution in [0, 0.1) is 0 Å². The molecule has 0 radical (unpaired) electrons. The fourth-order valence-corrected chi connectivity index (χ4v) is 2.33. The maximum absolute atomic E-state index is 12.4. The summed E-state index contributed by atoms with van der Waals surface area (Å²) in [4.78, 5) is 28.5. The molecule has 1 amide bonds. The van der Waals surface area contributed by atoms with E-state index < -0.39 is 12.3 Å². The molecule has 0 unspecified atom stereocenters. The monoisotopic (exact) mass is 333 g/mol. The number of alkyl halides is 2. The van der Waals surface area contributed by atoms with Gasteiger partial charge in [-0.1, -0.05) is 0 Å². The number of hydrogen-bond acceptors (Lipinski definition) is 6. The van der Waals surface area contributed by atoms with Crippen LogP contribution in [0.3, 0.4) is 0 Å². The topological polar surface area (TPSA) is 80.7 Å². The van der Waals surface area contributed by atoms with E-state index in [0.717, 1.165) is 17.1 Å². The number of pyridine rings is 1. The minimum absolute atomic E-state index is 0.0335. The summed E-state index contributed by atoms with van der Waals surface area (Å²) in [5.41, 5.74) is 2.17. The van der Waals surface area contributed by atoms with E-state index >= 15 is 0 Å². The minimum atomic E-state index is -2.65. The van der Waals surface area contributed by atoms with Crippen LogP contribution in [0.5, 0.6) is 0 Å². The molecule has 0 saturated carbocycles. The van der Waals surface area contributed by atoms with Gasteiger partial charge in [0.2, 0.25) is 5.82 Å². The van der Waals surface area contributed by atoms with Gasteiger partial charge in [0.1, 0.15) is 5.69 Å². The zero-order valence-corrected chi connectivity index (χ0v) is 12.3. The SMILES string of the molecule is O=C(Nc1ccc(C(F)F)nc1)c1nccc(-c2cncs2)n1. The molecule has 3 aromatic rings. The quantitative estimate of drug-likeness (QED) is 0.793. The summed E-state index contributed by atoms with van der Waals surface area (Å²) in [5, 5.41) is 2.51. The van der Waals surface area contributed by atoms with Crippen molar-refractivity contribution in [3.05, 3.63) is 53.8 Å². The third-order valence-corrected chi connectivity index (χ3v) is 3.61. The molecule has 116 valence electrons. The molecule has 3 aromatic heterocycles. The number of halogens is 2. The van der Waals surface area contributed by atoms with Crippen LogP contribution in [0.2, 0.25) is 0 Å². The second-order valence-electron chi connectivity index (χ2n) is 4.36. The van der Waals surface area contributed by atoms with Gasteiger partial charge in [-0.3, -0.25) is 14.8 Å². The molecule has 0 aliphatic heterocycles. The van der Waals surface area contributed by atoms with Crippen molar-refractivity contribution in [2.24, 2.45) is 0 Å². The van der Waals surface area contributed by atoms with E-state index in [2.05, 4.69) is 25.3 Å². The van der Waals surface area contributed by atoms with Crippen molar-refractivity contribution in [2.45, 2.75) is 6.43 Å². The number of aromatic nitrogens is 4. The summed E-state index contributed by atoms with van der Waals surface area (Å²) >= 11 is 1.39. The molecule has 1 N–H and O–H groups in total. The molecule has 3 rings (SSSR count). The molecule has 0 aromatic carbocycles. The summed E-state index contributed by atoms with van der Waals surface area (Å²) in [6, 6.07) is 4.16. The first kappa shape index (κ1) is 15.1. The third-order valence-electron chi connectivity index (χ3n) is 2.81. The van der Waals surface area contributed by atoms with Gasteiger partial charge in [-0.25, -0.2) is 18.7 Å². The molecule has 0 bridgehead atoms. The number of hydrogen-bond donors (Lipinski definition) is 1. The number of anilines is 1. The van der Waals surface area contributed by atoms with Gasteiger partial charge >= 0.3 is 0 Å². The average molecular weight is 333 g/mol. The molecule has 0 aliphatic carbocycles. The zero-order valence-electron chi connectivity index (χ0n) is 11.5. The molecule has 6 nitrogen and oxygen atoms in total. The van der Waals surface area contributed by atoms with Gasteiger partial charge in [-0.2, -0.15) is 0 Å². The Bertz CT molecular complexity index is 808. The van der Waals surface area contributed by atoms with Gasteiger partial charge in [0.05, 0.1) is 28.0 Å². The van der Waals surface area contributed by atoms with Crippen LogP contribution in [-0.2, 0) is 0 Å². The zero-order chi connectivity index (χ0) is 16.2. The lowest BCUT2D eigenvalue weighted by Gasteiger charge is -2.05. The maximum atomic E-state index is 12.4. The molecular weight excluding hydrogens is 324 g/mol. The summed E-state index contributed by atoms with van der Waals surface area (Å²) in [6.07, 6.45) is 1.61. The number of nitrogens with one attached hydrogen (secondary N) is 1. The maximum Gasteiger partial charge on any atom is 0.293 e. The Morgan fingerprint density at radius 1 is 1.17 bits per heavy atom. The van der Waals surface area contributed by atoms with Crippen molar-refractivity contribution in [3.8, 4) is 10.6 Å². The first-order chi connectivity index (χ1) is 11.1. The lowest BCUT2D eigenvalue weighted by atomic mass is 10.3. The molecule has 3 heterocycles. The molecule has 0 saturated heterocycles. The van der Waals surface area contributed by atoms with Crippen LogP contribution >= 0.6 is 11.3 Å². The van der Waals surface area contributed by atoms with Gasteiger partial charge in [-0.15, -0.1) is 11.3 Å². The lowest BCUT2D eigenvalue weighted by Crippen LogP contribution is -2.16. The molecule has 0 spiro atoms. The molecule has 9 heteroatoms. The first-order valence-electron chi connectivity index (χ1n) is 6.41. The van der Waals surface area contributed by atoms with Crippen LogP contribution in [0.25, 0.3) is 10.6 Å². The van der Waals surface area contributed by atoms with E-state index in [1.807, 2.05) is 0 Å². The van der Waals surface area contributed by atoms with E-state index in [1.165, 1.54) is 23.6 Å². The van der Waals surface area contributed by atoms with Crippen molar-refractivity contribution in [1.29, 1.82) is 0 Å².